The first-order chi connectivity index (χ1) is 16.0. The SMILES string of the molecule is CN1CC[C@]23c4c5ccc(O)c4O[C@H]2C(=O)CC[C@@]3(OCc2cccc3ccccc23)C1C5. The van der Waals surface area contributed by atoms with Crippen LogP contribution in [0.2, 0.25) is 0 Å². The molecule has 4 atom stereocenters. The average molecular weight is 442 g/mol. The van der Waals surface area contributed by atoms with Gasteiger partial charge in [0.2, 0.25) is 0 Å². The summed E-state index contributed by atoms with van der Waals surface area (Å²) in [6, 6.07) is 18.6. The number of ether oxygens (including phenoxy) is 2. The Morgan fingerprint density at radius 2 is 1.97 bits per heavy atom. The van der Waals surface area contributed by atoms with Crippen molar-refractivity contribution in [3.8, 4) is 11.5 Å². The van der Waals surface area contributed by atoms with Gasteiger partial charge in [0.25, 0.3) is 0 Å². The van der Waals surface area contributed by atoms with Crippen LogP contribution in [0.3, 0.4) is 0 Å². The second-order valence-electron chi connectivity index (χ2n) is 10.2. The molecule has 1 N–H and O–H groups in total. The van der Waals surface area contributed by atoms with Gasteiger partial charge >= 0.3 is 0 Å². The van der Waals surface area contributed by atoms with Crippen LogP contribution in [-0.2, 0) is 28.0 Å². The normalized spacial score (nSPS) is 32.0. The van der Waals surface area contributed by atoms with Gasteiger partial charge in [-0.1, -0.05) is 48.5 Å². The van der Waals surface area contributed by atoms with E-state index in [1.807, 2.05) is 6.07 Å². The van der Waals surface area contributed by atoms with Crippen molar-refractivity contribution in [1.29, 1.82) is 0 Å². The van der Waals surface area contributed by atoms with E-state index in [-0.39, 0.29) is 17.6 Å². The van der Waals surface area contributed by atoms with E-state index in [0.717, 1.165) is 30.5 Å². The van der Waals surface area contributed by atoms with E-state index < -0.39 is 17.1 Å². The molecule has 33 heavy (non-hydrogen) atoms. The fraction of sp³-hybridized carbons (Fsp3) is 0.393. The third-order valence-electron chi connectivity index (χ3n) is 8.85. The highest BCUT2D eigenvalue weighted by Crippen LogP contribution is 2.66. The molecule has 1 spiro atoms. The molecule has 0 radical (unpaired) electrons. The molecule has 2 heterocycles. The molecule has 2 fully saturated rings. The van der Waals surface area contributed by atoms with Gasteiger partial charge < -0.3 is 19.5 Å². The lowest BCUT2D eigenvalue weighted by molar-refractivity contribution is -0.215. The highest BCUT2D eigenvalue weighted by atomic mass is 16.5. The summed E-state index contributed by atoms with van der Waals surface area (Å²) in [7, 11) is 2.17. The fourth-order valence-electron chi connectivity index (χ4n) is 7.42. The zero-order valence-corrected chi connectivity index (χ0v) is 18.7. The number of carbonyl (C=O) groups is 1. The van der Waals surface area contributed by atoms with Crippen molar-refractivity contribution in [2.75, 3.05) is 13.6 Å². The third kappa shape index (κ3) is 2.32. The number of likely N-dealkylation sites (N-methyl/N-ethyl adjacent to an activating group) is 1. The minimum Gasteiger partial charge on any atom is -0.504 e. The minimum absolute atomic E-state index is 0.130. The highest BCUT2D eigenvalue weighted by Gasteiger charge is 2.74. The summed E-state index contributed by atoms with van der Waals surface area (Å²) in [5.41, 5.74) is 2.28. The predicted molar refractivity (Wildman–Crippen MR) is 125 cm³/mol. The lowest BCUT2D eigenvalue weighted by atomic mass is 9.49. The van der Waals surface area contributed by atoms with Gasteiger partial charge in [0.05, 0.1) is 17.6 Å². The lowest BCUT2D eigenvalue weighted by Crippen LogP contribution is -2.76. The smallest absolute Gasteiger partial charge is 0.174 e. The number of nitrogens with zero attached hydrogens (tertiary/aromatic N) is 1. The van der Waals surface area contributed by atoms with Crippen molar-refractivity contribution in [3.63, 3.8) is 0 Å². The van der Waals surface area contributed by atoms with Crippen LogP contribution in [0, 0.1) is 0 Å². The number of benzene rings is 3. The maximum absolute atomic E-state index is 13.2. The summed E-state index contributed by atoms with van der Waals surface area (Å²) in [5.74, 6) is 0.769. The van der Waals surface area contributed by atoms with Crippen LogP contribution in [0.1, 0.15) is 36.0 Å². The van der Waals surface area contributed by atoms with Crippen LogP contribution in [0.5, 0.6) is 11.5 Å². The van der Waals surface area contributed by atoms with E-state index in [4.69, 9.17) is 9.47 Å². The van der Waals surface area contributed by atoms with Crippen LogP contribution < -0.4 is 4.74 Å². The Balaban J connectivity index is 1.41. The number of piperidine rings is 1. The lowest BCUT2D eigenvalue weighted by Gasteiger charge is -2.64. The monoisotopic (exact) mass is 441 g/mol. The maximum atomic E-state index is 13.2. The number of ketones is 1. The molecular formula is C28H27NO4. The Morgan fingerprint density at radius 3 is 2.88 bits per heavy atom. The van der Waals surface area contributed by atoms with E-state index in [2.05, 4.69) is 54.4 Å². The Morgan fingerprint density at radius 1 is 1.12 bits per heavy atom. The molecule has 2 aliphatic carbocycles. The van der Waals surface area contributed by atoms with Crippen LogP contribution in [0.25, 0.3) is 10.8 Å². The van der Waals surface area contributed by atoms with Crippen molar-refractivity contribution in [2.45, 2.75) is 55.5 Å². The molecule has 0 aromatic heterocycles. The van der Waals surface area contributed by atoms with Crippen LogP contribution >= 0.6 is 0 Å². The molecule has 2 aliphatic heterocycles. The first kappa shape index (κ1) is 19.6. The molecule has 5 nitrogen and oxygen atoms in total. The van der Waals surface area contributed by atoms with Crippen LogP contribution in [0.4, 0.5) is 0 Å². The number of phenolic OH excluding ortho intramolecular Hbond substituents is 1. The van der Waals surface area contributed by atoms with Gasteiger partial charge in [-0.3, -0.25) is 4.79 Å². The van der Waals surface area contributed by atoms with Gasteiger partial charge in [-0.2, -0.15) is 0 Å². The number of rotatable bonds is 3. The Bertz CT molecular complexity index is 1310. The van der Waals surface area contributed by atoms with Crippen LogP contribution in [0.15, 0.2) is 54.6 Å². The predicted octanol–water partition coefficient (Wildman–Crippen LogP) is 4.12. The van der Waals surface area contributed by atoms with Gasteiger partial charge in [0.15, 0.2) is 23.4 Å². The average Bonchev–Trinajstić information content (AvgIpc) is 3.20. The molecule has 1 unspecified atom stereocenters. The number of phenols is 1. The summed E-state index contributed by atoms with van der Waals surface area (Å²) in [4.78, 5) is 15.6. The van der Waals surface area contributed by atoms with E-state index in [1.165, 1.54) is 16.3 Å². The van der Waals surface area contributed by atoms with Gasteiger partial charge in [-0.05, 0) is 60.8 Å². The van der Waals surface area contributed by atoms with E-state index >= 15 is 0 Å². The summed E-state index contributed by atoms with van der Waals surface area (Å²) >= 11 is 0. The molecule has 2 bridgehead atoms. The standard InChI is InChI=1S/C28H27NO4/c1-29-14-13-27-24-18-9-10-21(30)25(24)33-26(27)22(31)11-12-28(27,23(29)15-18)32-16-19-7-4-6-17-5-2-3-8-20(17)19/h2-10,23,26,30H,11-16H2,1H3/t23?,26-,27-,28+/m0/s1. The second-order valence-corrected chi connectivity index (χ2v) is 10.2. The Labute approximate surface area is 192 Å². The number of hydrogen-bond donors (Lipinski definition) is 1. The fourth-order valence-corrected chi connectivity index (χ4v) is 7.42. The van der Waals surface area contributed by atoms with Crippen molar-refractivity contribution in [2.24, 2.45) is 0 Å². The first-order valence-electron chi connectivity index (χ1n) is 11.9. The molecule has 168 valence electrons. The number of hydrogen-bond acceptors (Lipinski definition) is 5. The molecule has 0 amide bonds. The van der Waals surface area contributed by atoms with Crippen molar-refractivity contribution in [1.82, 2.24) is 4.90 Å². The Hall–Kier alpha value is -2.89. The van der Waals surface area contributed by atoms with E-state index in [9.17, 15) is 9.90 Å². The van der Waals surface area contributed by atoms with Crippen LogP contribution in [-0.4, -0.2) is 47.1 Å². The van der Waals surface area contributed by atoms with E-state index in [0.29, 0.717) is 25.2 Å². The zero-order valence-electron chi connectivity index (χ0n) is 18.7. The van der Waals surface area contributed by atoms with Gasteiger partial charge in [0.1, 0.15) is 0 Å². The molecule has 4 aliphatic rings. The number of Topliss-reactive ketones (excluding diaryl/α,β-unsaturated/α-hetero) is 1. The van der Waals surface area contributed by atoms with Crippen molar-refractivity contribution >= 4 is 16.6 Å². The summed E-state index contributed by atoms with van der Waals surface area (Å²) in [6.07, 6.45) is 2.16. The topological polar surface area (TPSA) is 59.0 Å². The number of carbonyl (C=O) groups excluding carboxylic acids is 1. The molecule has 3 aromatic rings. The Kier molecular flexibility index (Phi) is 3.90. The van der Waals surface area contributed by atoms with Gasteiger partial charge in [-0.25, -0.2) is 0 Å². The largest absolute Gasteiger partial charge is 0.504 e. The molecule has 5 heteroatoms. The number of aromatic hydroxyl groups is 1. The molecule has 1 saturated heterocycles. The van der Waals surface area contributed by atoms with Crippen molar-refractivity contribution < 1.29 is 19.4 Å². The van der Waals surface area contributed by atoms with Crippen molar-refractivity contribution in [3.05, 3.63) is 71.3 Å². The molecule has 7 rings (SSSR count). The number of likely N-dealkylation sites (tertiary alicyclic amines) is 1. The quantitative estimate of drug-likeness (QED) is 0.663. The molecule has 3 aromatic carbocycles. The third-order valence-corrected chi connectivity index (χ3v) is 8.85. The number of fused-ring (bicyclic) bond motifs is 1. The minimum atomic E-state index is -0.586. The van der Waals surface area contributed by atoms with Gasteiger partial charge in [-0.15, -0.1) is 0 Å². The molecular weight excluding hydrogens is 414 g/mol. The second kappa shape index (κ2) is 6.58. The van der Waals surface area contributed by atoms with E-state index in [1.54, 1.807) is 6.07 Å². The van der Waals surface area contributed by atoms with Gasteiger partial charge in [0, 0.05) is 18.0 Å². The maximum Gasteiger partial charge on any atom is 0.174 e. The zero-order chi connectivity index (χ0) is 22.4. The summed E-state index contributed by atoms with van der Waals surface area (Å²) in [5, 5.41) is 13.1. The summed E-state index contributed by atoms with van der Waals surface area (Å²) in [6.45, 7) is 1.36. The first-order valence-corrected chi connectivity index (χ1v) is 11.9. The summed E-state index contributed by atoms with van der Waals surface area (Å²) < 4.78 is 13.4. The molecule has 1 saturated carbocycles. The highest BCUT2D eigenvalue weighted by molar-refractivity contribution is 5.90.